The van der Waals surface area contributed by atoms with Gasteiger partial charge in [0.2, 0.25) is 0 Å². The number of pyridine rings is 1. The molecule has 0 fully saturated rings. The molecule has 2 aromatic carbocycles. The number of hydrogen-bond acceptors (Lipinski definition) is 2. The standard InChI is InChI=1S/C21H14FNO/c22-18-7-5-14(6-8-18)19-9-10-23-13-17(19)12-16-11-15-3-1-2-4-20(15)21(16)24/h1-10,12-13H,11H2/b16-12+. The van der Waals surface area contributed by atoms with Gasteiger partial charge in [0, 0.05) is 35.5 Å². The van der Waals surface area contributed by atoms with Crippen molar-refractivity contribution in [2.75, 3.05) is 0 Å². The van der Waals surface area contributed by atoms with Crippen molar-refractivity contribution in [2.45, 2.75) is 6.42 Å². The SMILES string of the molecule is O=C1/C(=C/c2cnccc2-c2ccc(F)cc2)Cc2ccccc21. The second kappa shape index (κ2) is 5.85. The molecule has 0 atom stereocenters. The van der Waals surface area contributed by atoms with Crippen LogP contribution < -0.4 is 0 Å². The molecule has 1 aliphatic carbocycles. The molecule has 2 nitrogen and oxygen atoms in total. The van der Waals surface area contributed by atoms with E-state index in [1.54, 1.807) is 24.5 Å². The maximum Gasteiger partial charge on any atom is 0.189 e. The van der Waals surface area contributed by atoms with Crippen molar-refractivity contribution in [3.8, 4) is 11.1 Å². The predicted molar refractivity (Wildman–Crippen MR) is 92.1 cm³/mol. The second-order valence-corrected chi connectivity index (χ2v) is 5.80. The third kappa shape index (κ3) is 2.54. The van der Waals surface area contributed by atoms with Crippen LogP contribution in [0, 0.1) is 5.82 Å². The van der Waals surface area contributed by atoms with E-state index in [-0.39, 0.29) is 11.6 Å². The highest BCUT2D eigenvalue weighted by molar-refractivity contribution is 6.15. The Kier molecular flexibility index (Phi) is 3.54. The fraction of sp³-hybridized carbons (Fsp3) is 0.0476. The lowest BCUT2D eigenvalue weighted by molar-refractivity contribution is 0.104. The summed E-state index contributed by atoms with van der Waals surface area (Å²) in [6.45, 7) is 0. The molecule has 0 radical (unpaired) electrons. The van der Waals surface area contributed by atoms with E-state index in [0.717, 1.165) is 33.4 Å². The number of benzene rings is 2. The van der Waals surface area contributed by atoms with E-state index in [1.165, 1.54) is 12.1 Å². The number of halogens is 1. The number of rotatable bonds is 2. The van der Waals surface area contributed by atoms with Crippen LogP contribution in [0.2, 0.25) is 0 Å². The van der Waals surface area contributed by atoms with Crippen molar-refractivity contribution < 1.29 is 9.18 Å². The molecule has 0 bridgehead atoms. The zero-order valence-electron chi connectivity index (χ0n) is 12.9. The highest BCUT2D eigenvalue weighted by Crippen LogP contribution is 2.30. The molecular formula is C21H14FNO. The third-order valence-electron chi connectivity index (χ3n) is 4.27. The Hall–Kier alpha value is -3.07. The number of fused-ring (bicyclic) bond motifs is 1. The molecule has 0 spiro atoms. The van der Waals surface area contributed by atoms with Crippen molar-refractivity contribution in [1.82, 2.24) is 4.98 Å². The molecule has 24 heavy (non-hydrogen) atoms. The molecule has 0 amide bonds. The average Bonchev–Trinajstić information content (AvgIpc) is 2.93. The van der Waals surface area contributed by atoms with E-state index in [1.807, 2.05) is 36.4 Å². The molecule has 0 aliphatic heterocycles. The lowest BCUT2D eigenvalue weighted by Gasteiger charge is -2.06. The van der Waals surface area contributed by atoms with Gasteiger partial charge >= 0.3 is 0 Å². The van der Waals surface area contributed by atoms with Gasteiger partial charge in [-0.05, 0) is 41.0 Å². The minimum Gasteiger partial charge on any atom is -0.289 e. The fourth-order valence-electron chi connectivity index (χ4n) is 3.07. The lowest BCUT2D eigenvalue weighted by atomic mass is 9.99. The Labute approximate surface area is 139 Å². The Morgan fingerprint density at radius 3 is 2.54 bits per heavy atom. The van der Waals surface area contributed by atoms with Crippen LogP contribution in [-0.2, 0) is 6.42 Å². The summed E-state index contributed by atoms with van der Waals surface area (Å²) in [4.78, 5) is 16.7. The summed E-state index contributed by atoms with van der Waals surface area (Å²) < 4.78 is 13.2. The van der Waals surface area contributed by atoms with Crippen molar-refractivity contribution in [2.24, 2.45) is 0 Å². The Morgan fingerprint density at radius 1 is 0.958 bits per heavy atom. The molecule has 0 unspecified atom stereocenters. The first-order chi connectivity index (χ1) is 11.7. The second-order valence-electron chi connectivity index (χ2n) is 5.80. The number of ketones is 1. The van der Waals surface area contributed by atoms with Gasteiger partial charge in [0.05, 0.1) is 0 Å². The fourth-order valence-corrected chi connectivity index (χ4v) is 3.07. The maximum atomic E-state index is 13.2. The third-order valence-corrected chi connectivity index (χ3v) is 4.27. The zero-order valence-corrected chi connectivity index (χ0v) is 12.9. The molecule has 1 aromatic heterocycles. The number of carbonyl (C=O) groups excluding carboxylic acids is 1. The van der Waals surface area contributed by atoms with Gasteiger partial charge < -0.3 is 0 Å². The van der Waals surface area contributed by atoms with E-state index in [4.69, 9.17) is 0 Å². The molecule has 1 aliphatic rings. The number of carbonyl (C=O) groups is 1. The summed E-state index contributed by atoms with van der Waals surface area (Å²) in [7, 11) is 0. The molecular weight excluding hydrogens is 301 g/mol. The van der Waals surface area contributed by atoms with E-state index in [0.29, 0.717) is 6.42 Å². The minimum atomic E-state index is -0.269. The molecule has 3 aromatic rings. The lowest BCUT2D eigenvalue weighted by Crippen LogP contribution is -1.96. The van der Waals surface area contributed by atoms with Crippen LogP contribution >= 0.6 is 0 Å². The normalized spacial score (nSPS) is 14.9. The van der Waals surface area contributed by atoms with E-state index in [9.17, 15) is 9.18 Å². The minimum absolute atomic E-state index is 0.0690. The average molecular weight is 315 g/mol. The molecule has 4 rings (SSSR count). The number of Topliss-reactive ketones (excluding diaryl/α,β-unsaturated/α-hetero) is 1. The summed E-state index contributed by atoms with van der Waals surface area (Å²) >= 11 is 0. The molecule has 0 saturated carbocycles. The summed E-state index contributed by atoms with van der Waals surface area (Å²) in [5.74, 6) is -0.200. The van der Waals surface area contributed by atoms with Crippen molar-refractivity contribution in [3.63, 3.8) is 0 Å². The number of hydrogen-bond donors (Lipinski definition) is 0. The van der Waals surface area contributed by atoms with Crippen molar-refractivity contribution in [3.05, 3.63) is 95.1 Å². The maximum absolute atomic E-state index is 13.2. The summed E-state index contributed by atoms with van der Waals surface area (Å²) in [6.07, 6.45) is 5.97. The van der Waals surface area contributed by atoms with Gasteiger partial charge in [-0.25, -0.2) is 4.39 Å². The van der Waals surface area contributed by atoms with E-state index in [2.05, 4.69) is 4.98 Å². The van der Waals surface area contributed by atoms with Gasteiger partial charge in [0.25, 0.3) is 0 Å². The zero-order chi connectivity index (χ0) is 16.5. The first-order valence-electron chi connectivity index (χ1n) is 7.75. The predicted octanol–water partition coefficient (Wildman–Crippen LogP) is 4.71. The van der Waals surface area contributed by atoms with E-state index < -0.39 is 0 Å². The van der Waals surface area contributed by atoms with Gasteiger partial charge in [-0.1, -0.05) is 36.4 Å². The van der Waals surface area contributed by atoms with Crippen LogP contribution in [0.4, 0.5) is 4.39 Å². The molecule has 116 valence electrons. The number of allylic oxidation sites excluding steroid dienone is 1. The summed E-state index contributed by atoms with van der Waals surface area (Å²) in [6, 6.07) is 15.9. The monoisotopic (exact) mass is 315 g/mol. The van der Waals surface area contributed by atoms with Gasteiger partial charge in [-0.3, -0.25) is 9.78 Å². The highest BCUT2D eigenvalue weighted by Gasteiger charge is 2.24. The Balaban J connectivity index is 1.77. The van der Waals surface area contributed by atoms with Crippen molar-refractivity contribution >= 4 is 11.9 Å². The van der Waals surface area contributed by atoms with Gasteiger partial charge in [-0.15, -0.1) is 0 Å². The van der Waals surface area contributed by atoms with Crippen LogP contribution in [0.5, 0.6) is 0 Å². The van der Waals surface area contributed by atoms with Crippen LogP contribution in [0.3, 0.4) is 0 Å². The van der Waals surface area contributed by atoms with Crippen LogP contribution in [0.1, 0.15) is 21.5 Å². The molecule has 0 saturated heterocycles. The molecule has 3 heteroatoms. The Morgan fingerprint density at radius 2 is 1.75 bits per heavy atom. The van der Waals surface area contributed by atoms with Crippen LogP contribution in [-0.4, -0.2) is 10.8 Å². The summed E-state index contributed by atoms with van der Waals surface area (Å²) in [5, 5.41) is 0. The smallest absolute Gasteiger partial charge is 0.189 e. The topological polar surface area (TPSA) is 30.0 Å². The van der Waals surface area contributed by atoms with Gasteiger partial charge in [0.15, 0.2) is 5.78 Å². The quantitative estimate of drug-likeness (QED) is 0.641. The van der Waals surface area contributed by atoms with Crippen molar-refractivity contribution in [1.29, 1.82) is 0 Å². The Bertz CT molecular complexity index is 958. The number of nitrogens with zero attached hydrogens (tertiary/aromatic N) is 1. The summed E-state index contributed by atoms with van der Waals surface area (Å²) in [5.41, 5.74) is 5.28. The van der Waals surface area contributed by atoms with Crippen LogP contribution in [0.15, 0.2) is 72.6 Å². The van der Waals surface area contributed by atoms with Crippen LogP contribution in [0.25, 0.3) is 17.2 Å². The largest absolute Gasteiger partial charge is 0.289 e. The highest BCUT2D eigenvalue weighted by atomic mass is 19.1. The number of aromatic nitrogens is 1. The van der Waals surface area contributed by atoms with Gasteiger partial charge in [0.1, 0.15) is 5.82 Å². The molecule has 1 heterocycles. The van der Waals surface area contributed by atoms with Gasteiger partial charge in [-0.2, -0.15) is 0 Å². The molecule has 0 N–H and O–H groups in total. The van der Waals surface area contributed by atoms with E-state index >= 15 is 0 Å². The first kappa shape index (κ1) is 14.5. The first-order valence-corrected chi connectivity index (χ1v) is 7.75.